The second-order valence-corrected chi connectivity index (χ2v) is 3.63. The van der Waals surface area contributed by atoms with Gasteiger partial charge in [-0.1, -0.05) is 6.92 Å². The van der Waals surface area contributed by atoms with Gasteiger partial charge in [0.2, 0.25) is 5.95 Å². The molecule has 1 atom stereocenters. The van der Waals surface area contributed by atoms with Crippen LogP contribution in [0.3, 0.4) is 0 Å². The largest absolute Gasteiger partial charge is 0.368 e. The number of rotatable bonds is 2. The molecule has 14 heavy (non-hydrogen) atoms. The summed E-state index contributed by atoms with van der Waals surface area (Å²) in [5, 5.41) is 3.45. The van der Waals surface area contributed by atoms with Gasteiger partial charge in [0.15, 0.2) is 0 Å². The number of nitrogens with two attached hydrogens (primary N) is 1. The molecule has 3 N–H and O–H groups in total. The smallest absolute Gasteiger partial charge is 0.220 e. The minimum atomic E-state index is 0.378. The van der Waals surface area contributed by atoms with Crippen molar-refractivity contribution in [1.82, 2.24) is 15.3 Å². The number of nitrogen functional groups attached to an aromatic ring is 1. The Morgan fingerprint density at radius 1 is 1.64 bits per heavy atom. The van der Waals surface area contributed by atoms with E-state index in [4.69, 9.17) is 5.73 Å². The molecule has 1 unspecified atom stereocenters. The van der Waals surface area contributed by atoms with Gasteiger partial charge >= 0.3 is 0 Å². The van der Waals surface area contributed by atoms with Crippen LogP contribution in [0.25, 0.3) is 0 Å². The van der Waals surface area contributed by atoms with Crippen molar-refractivity contribution in [3.05, 3.63) is 17.5 Å². The van der Waals surface area contributed by atoms with E-state index in [9.17, 15) is 0 Å². The molecule has 2 rings (SSSR count). The summed E-state index contributed by atoms with van der Waals surface area (Å²) in [7, 11) is 0. The van der Waals surface area contributed by atoms with Crippen molar-refractivity contribution >= 4 is 5.95 Å². The lowest BCUT2D eigenvalue weighted by Crippen LogP contribution is -2.16. The lowest BCUT2D eigenvalue weighted by atomic mass is 10.0. The number of hydrogen-bond acceptors (Lipinski definition) is 4. The fraction of sp³-hybridized carbons (Fsp3) is 0.600. The maximum absolute atomic E-state index is 5.56. The molecular weight excluding hydrogens is 176 g/mol. The number of nitrogens with zero attached hydrogens (tertiary/aromatic N) is 2. The van der Waals surface area contributed by atoms with Crippen LogP contribution in [-0.4, -0.2) is 16.5 Å². The third-order valence-electron chi connectivity index (χ3n) is 2.69. The highest BCUT2D eigenvalue weighted by atomic mass is 15.0. The second-order valence-electron chi connectivity index (χ2n) is 3.63. The molecule has 4 heteroatoms. The number of hydrogen-bond donors (Lipinski definition) is 2. The van der Waals surface area contributed by atoms with Gasteiger partial charge in [-0.3, -0.25) is 0 Å². The predicted molar refractivity (Wildman–Crippen MR) is 55.8 cm³/mol. The van der Waals surface area contributed by atoms with Crippen molar-refractivity contribution in [3.8, 4) is 0 Å². The fourth-order valence-electron chi connectivity index (χ4n) is 1.97. The number of aryl methyl sites for hydroxylation is 1. The summed E-state index contributed by atoms with van der Waals surface area (Å²) in [5.41, 5.74) is 7.86. The maximum Gasteiger partial charge on any atom is 0.220 e. The molecule has 0 aliphatic carbocycles. The van der Waals surface area contributed by atoms with E-state index in [1.54, 1.807) is 0 Å². The van der Waals surface area contributed by atoms with Gasteiger partial charge in [0.25, 0.3) is 0 Å². The van der Waals surface area contributed by atoms with E-state index in [0.29, 0.717) is 12.0 Å². The molecule has 1 fully saturated rings. The normalized spacial score (nSPS) is 21.4. The highest BCUT2D eigenvalue weighted by molar-refractivity contribution is 5.28. The Hall–Kier alpha value is -1.16. The van der Waals surface area contributed by atoms with E-state index in [-0.39, 0.29) is 0 Å². The maximum atomic E-state index is 5.56. The predicted octanol–water partition coefficient (Wildman–Crippen LogP) is 1.05. The van der Waals surface area contributed by atoms with Crippen LogP contribution in [0.5, 0.6) is 0 Å². The average molecular weight is 192 g/mol. The third-order valence-corrected chi connectivity index (χ3v) is 2.69. The van der Waals surface area contributed by atoms with Crippen LogP contribution in [0, 0.1) is 0 Å². The Kier molecular flexibility index (Phi) is 2.63. The summed E-state index contributed by atoms with van der Waals surface area (Å²) in [6.45, 7) is 3.19. The first-order valence-corrected chi connectivity index (χ1v) is 5.16. The van der Waals surface area contributed by atoms with Crippen LogP contribution in [0.15, 0.2) is 6.20 Å². The molecule has 0 spiro atoms. The van der Waals surface area contributed by atoms with Crippen LogP contribution < -0.4 is 11.1 Å². The van der Waals surface area contributed by atoms with Crippen molar-refractivity contribution in [2.75, 3.05) is 12.3 Å². The minimum Gasteiger partial charge on any atom is -0.368 e. The van der Waals surface area contributed by atoms with Gasteiger partial charge in [0.05, 0.1) is 5.69 Å². The van der Waals surface area contributed by atoms with E-state index < -0.39 is 0 Å². The third kappa shape index (κ3) is 1.70. The Bertz CT molecular complexity index is 318. The van der Waals surface area contributed by atoms with Crippen LogP contribution in [0.2, 0.25) is 0 Å². The molecule has 1 aliphatic heterocycles. The quantitative estimate of drug-likeness (QED) is 0.735. The molecule has 76 valence electrons. The molecule has 0 aromatic carbocycles. The van der Waals surface area contributed by atoms with E-state index in [1.165, 1.54) is 18.4 Å². The first kappa shape index (κ1) is 9.40. The number of nitrogens with one attached hydrogen (secondary N) is 1. The van der Waals surface area contributed by atoms with Crippen molar-refractivity contribution in [3.63, 3.8) is 0 Å². The summed E-state index contributed by atoms with van der Waals surface area (Å²) < 4.78 is 0. The SMILES string of the molecule is CCc1nc(N)ncc1C1CCCN1. The highest BCUT2D eigenvalue weighted by Crippen LogP contribution is 2.25. The zero-order valence-corrected chi connectivity index (χ0v) is 8.45. The molecule has 1 aliphatic rings. The van der Waals surface area contributed by atoms with Crippen LogP contribution >= 0.6 is 0 Å². The molecule has 1 aromatic rings. The van der Waals surface area contributed by atoms with E-state index >= 15 is 0 Å². The molecule has 4 nitrogen and oxygen atoms in total. The Morgan fingerprint density at radius 3 is 3.14 bits per heavy atom. The minimum absolute atomic E-state index is 0.378. The molecule has 0 bridgehead atoms. The first-order valence-electron chi connectivity index (χ1n) is 5.16. The molecule has 0 radical (unpaired) electrons. The first-order chi connectivity index (χ1) is 6.81. The Balaban J connectivity index is 2.31. The molecule has 1 saturated heterocycles. The summed E-state index contributed by atoms with van der Waals surface area (Å²) in [6.07, 6.45) is 5.20. The van der Waals surface area contributed by atoms with Crippen LogP contribution in [0.1, 0.15) is 37.1 Å². The molecule has 0 saturated carbocycles. The van der Waals surface area contributed by atoms with Crippen molar-refractivity contribution in [1.29, 1.82) is 0 Å². The van der Waals surface area contributed by atoms with E-state index in [2.05, 4.69) is 22.2 Å². The molecule has 2 heterocycles. The number of anilines is 1. The lowest BCUT2D eigenvalue weighted by molar-refractivity contribution is 0.632. The summed E-state index contributed by atoms with van der Waals surface area (Å²) in [6, 6.07) is 0.436. The Morgan fingerprint density at radius 2 is 2.50 bits per heavy atom. The van der Waals surface area contributed by atoms with Gasteiger partial charge in [0, 0.05) is 17.8 Å². The van der Waals surface area contributed by atoms with Crippen LogP contribution in [0.4, 0.5) is 5.95 Å². The summed E-state index contributed by atoms with van der Waals surface area (Å²) in [5.74, 6) is 0.378. The lowest BCUT2D eigenvalue weighted by Gasteiger charge is -2.13. The van der Waals surface area contributed by atoms with Gasteiger partial charge < -0.3 is 11.1 Å². The van der Waals surface area contributed by atoms with Crippen LogP contribution in [-0.2, 0) is 6.42 Å². The Labute approximate surface area is 83.9 Å². The zero-order chi connectivity index (χ0) is 9.97. The second kappa shape index (κ2) is 3.92. The fourth-order valence-corrected chi connectivity index (χ4v) is 1.97. The van der Waals surface area contributed by atoms with Gasteiger partial charge in [0.1, 0.15) is 0 Å². The van der Waals surface area contributed by atoms with Gasteiger partial charge in [-0.05, 0) is 25.8 Å². The van der Waals surface area contributed by atoms with Gasteiger partial charge in [-0.25, -0.2) is 9.97 Å². The van der Waals surface area contributed by atoms with Crippen molar-refractivity contribution in [2.24, 2.45) is 0 Å². The summed E-state index contributed by atoms with van der Waals surface area (Å²) >= 11 is 0. The molecular formula is C10H16N4. The molecule has 1 aromatic heterocycles. The van der Waals surface area contributed by atoms with Crippen molar-refractivity contribution < 1.29 is 0 Å². The van der Waals surface area contributed by atoms with Gasteiger partial charge in [-0.15, -0.1) is 0 Å². The number of aromatic nitrogens is 2. The standard InChI is InChI=1S/C10H16N4/c1-2-8-7(6-13-10(11)14-8)9-4-3-5-12-9/h6,9,12H,2-5H2,1H3,(H2,11,13,14). The average Bonchev–Trinajstić information content (AvgIpc) is 2.70. The topological polar surface area (TPSA) is 63.8 Å². The van der Waals surface area contributed by atoms with Crippen molar-refractivity contribution in [2.45, 2.75) is 32.2 Å². The zero-order valence-electron chi connectivity index (χ0n) is 8.45. The monoisotopic (exact) mass is 192 g/mol. The highest BCUT2D eigenvalue weighted by Gasteiger charge is 2.19. The van der Waals surface area contributed by atoms with E-state index in [0.717, 1.165) is 18.7 Å². The summed E-state index contributed by atoms with van der Waals surface area (Å²) in [4.78, 5) is 8.32. The van der Waals surface area contributed by atoms with Gasteiger partial charge in [-0.2, -0.15) is 0 Å². The molecule has 0 amide bonds. The van der Waals surface area contributed by atoms with E-state index in [1.807, 2.05) is 6.20 Å².